The average Bonchev–Trinajstić information content (AvgIpc) is 2.45. The van der Waals surface area contributed by atoms with Crippen molar-refractivity contribution in [3.05, 3.63) is 0 Å². The fraction of sp³-hybridized carbons (Fsp3) is 0.818. The lowest BCUT2D eigenvalue weighted by Crippen LogP contribution is -2.46. The van der Waals surface area contributed by atoms with E-state index in [1.165, 1.54) is 0 Å². The Morgan fingerprint density at radius 1 is 1.33 bits per heavy atom. The molecular weight excluding hydrogens is 208 g/mol. The highest BCUT2D eigenvalue weighted by Gasteiger charge is 2.39. The topological polar surface area (TPSA) is 46.3 Å². The van der Waals surface area contributed by atoms with Crippen molar-refractivity contribution in [1.82, 2.24) is 4.90 Å². The van der Waals surface area contributed by atoms with Crippen molar-refractivity contribution in [2.24, 2.45) is 23.0 Å². The van der Waals surface area contributed by atoms with Crippen LogP contribution in [-0.2, 0) is 4.79 Å². The number of thiocarbonyl (C=S) groups is 1. The summed E-state index contributed by atoms with van der Waals surface area (Å²) in [5.41, 5.74) is 4.88. The third-order valence-corrected chi connectivity index (χ3v) is 3.94. The first-order valence-electron chi connectivity index (χ1n) is 5.36. The van der Waals surface area contributed by atoms with Crippen LogP contribution < -0.4 is 5.73 Å². The van der Waals surface area contributed by atoms with Gasteiger partial charge in [0.05, 0.1) is 10.4 Å². The third-order valence-electron chi connectivity index (χ3n) is 3.43. The van der Waals surface area contributed by atoms with Gasteiger partial charge >= 0.3 is 0 Å². The van der Waals surface area contributed by atoms with Gasteiger partial charge in [-0.3, -0.25) is 4.79 Å². The van der Waals surface area contributed by atoms with Crippen molar-refractivity contribution in [3.63, 3.8) is 0 Å². The number of hydrogen-bond donors (Lipinski definition) is 1. The van der Waals surface area contributed by atoms with Gasteiger partial charge in [0, 0.05) is 13.1 Å². The van der Waals surface area contributed by atoms with Crippen molar-refractivity contribution in [2.75, 3.05) is 13.1 Å². The van der Waals surface area contributed by atoms with Gasteiger partial charge in [-0.05, 0) is 25.7 Å². The second-order valence-corrected chi connectivity index (χ2v) is 5.59. The predicted molar refractivity (Wildman–Crippen MR) is 65.5 cm³/mol. The molecule has 1 amide bonds. The first-order valence-corrected chi connectivity index (χ1v) is 5.77. The number of likely N-dealkylation sites (tertiary alicyclic amines) is 1. The van der Waals surface area contributed by atoms with Crippen LogP contribution in [0.15, 0.2) is 0 Å². The average molecular weight is 228 g/mol. The molecule has 0 bridgehead atoms. The number of rotatable bonds is 2. The summed E-state index contributed by atoms with van der Waals surface area (Å²) in [5, 5.41) is 0. The Labute approximate surface area is 97.0 Å². The Kier molecular flexibility index (Phi) is 3.38. The Bertz CT molecular complexity index is 278. The predicted octanol–water partition coefficient (Wildman–Crippen LogP) is 1.41. The van der Waals surface area contributed by atoms with Gasteiger partial charge in [0.1, 0.15) is 0 Å². The molecule has 2 atom stereocenters. The van der Waals surface area contributed by atoms with Crippen LogP contribution >= 0.6 is 12.2 Å². The highest BCUT2D eigenvalue weighted by molar-refractivity contribution is 7.80. The Morgan fingerprint density at radius 3 is 2.07 bits per heavy atom. The second-order valence-electron chi connectivity index (χ2n) is 5.15. The second kappa shape index (κ2) is 4.08. The molecule has 0 spiro atoms. The molecule has 1 aliphatic heterocycles. The summed E-state index contributed by atoms with van der Waals surface area (Å²) >= 11 is 4.93. The molecule has 3 nitrogen and oxygen atoms in total. The van der Waals surface area contributed by atoms with Crippen LogP contribution in [0.2, 0.25) is 0 Å². The highest BCUT2D eigenvalue weighted by Crippen LogP contribution is 2.27. The third kappa shape index (κ3) is 2.30. The molecule has 1 aliphatic rings. The van der Waals surface area contributed by atoms with Gasteiger partial charge in [-0.25, -0.2) is 0 Å². The number of carbonyl (C=O) groups excluding carboxylic acids is 1. The molecule has 15 heavy (non-hydrogen) atoms. The fourth-order valence-electron chi connectivity index (χ4n) is 1.80. The maximum absolute atomic E-state index is 12.2. The van der Waals surface area contributed by atoms with Crippen molar-refractivity contribution < 1.29 is 4.79 Å². The molecule has 1 fully saturated rings. The summed E-state index contributed by atoms with van der Waals surface area (Å²) < 4.78 is 0. The van der Waals surface area contributed by atoms with Crippen molar-refractivity contribution in [2.45, 2.75) is 27.7 Å². The molecule has 1 saturated heterocycles. The highest BCUT2D eigenvalue weighted by atomic mass is 32.1. The summed E-state index contributed by atoms with van der Waals surface area (Å²) in [5.74, 6) is 1.19. The molecule has 2 N–H and O–H groups in total. The largest absolute Gasteiger partial charge is 0.392 e. The lowest BCUT2D eigenvalue weighted by Gasteiger charge is -2.28. The molecule has 2 unspecified atom stereocenters. The number of nitrogens with zero attached hydrogens (tertiary/aromatic N) is 1. The van der Waals surface area contributed by atoms with Crippen LogP contribution in [0.3, 0.4) is 0 Å². The van der Waals surface area contributed by atoms with Crippen LogP contribution in [0.5, 0.6) is 0 Å². The zero-order valence-corrected chi connectivity index (χ0v) is 10.7. The van der Waals surface area contributed by atoms with Gasteiger partial charge in [-0.1, -0.05) is 26.1 Å². The smallest absolute Gasteiger partial charge is 0.235 e. The summed E-state index contributed by atoms with van der Waals surface area (Å²) in [6.45, 7) is 9.59. The summed E-state index contributed by atoms with van der Waals surface area (Å²) in [6, 6.07) is 0. The van der Waals surface area contributed by atoms with Gasteiger partial charge in [0.25, 0.3) is 0 Å². The minimum atomic E-state index is -0.709. The van der Waals surface area contributed by atoms with Gasteiger partial charge in [-0.15, -0.1) is 0 Å². The monoisotopic (exact) mass is 228 g/mol. The normalized spacial score (nSPS) is 26.8. The molecule has 0 aromatic carbocycles. The van der Waals surface area contributed by atoms with Gasteiger partial charge in [0.2, 0.25) is 5.91 Å². The standard InChI is InChI=1S/C11H20N2OS/c1-7-5-13(6-8(7)2)10(14)11(3,4)9(12)15/h7-8H,5-6H2,1-4H3,(H2,12,15). The molecule has 0 radical (unpaired) electrons. The van der Waals surface area contributed by atoms with E-state index in [1.807, 2.05) is 4.90 Å². The minimum absolute atomic E-state index is 0.0613. The van der Waals surface area contributed by atoms with Crippen LogP contribution in [0.4, 0.5) is 0 Å². The molecule has 0 aliphatic carbocycles. The van der Waals surface area contributed by atoms with E-state index in [9.17, 15) is 4.79 Å². The van der Waals surface area contributed by atoms with E-state index in [1.54, 1.807) is 13.8 Å². The molecule has 0 aromatic heterocycles. The lowest BCUT2D eigenvalue weighted by molar-refractivity contribution is -0.136. The molecule has 86 valence electrons. The van der Waals surface area contributed by atoms with Crippen LogP contribution in [0.25, 0.3) is 0 Å². The SMILES string of the molecule is CC1CN(C(=O)C(C)(C)C(N)=S)CC1C. The molecule has 4 heteroatoms. The number of amides is 1. The molecule has 0 saturated carbocycles. The van der Waals surface area contributed by atoms with Gasteiger partial charge in [0.15, 0.2) is 0 Å². The number of hydrogen-bond acceptors (Lipinski definition) is 2. The number of carbonyl (C=O) groups is 1. The zero-order chi connectivity index (χ0) is 11.8. The summed E-state index contributed by atoms with van der Waals surface area (Å²) in [6.07, 6.45) is 0. The van der Waals surface area contributed by atoms with Crippen LogP contribution in [-0.4, -0.2) is 28.9 Å². The van der Waals surface area contributed by atoms with Crippen LogP contribution in [0, 0.1) is 17.3 Å². The van der Waals surface area contributed by atoms with Crippen molar-refractivity contribution in [3.8, 4) is 0 Å². The van der Waals surface area contributed by atoms with Crippen LogP contribution in [0.1, 0.15) is 27.7 Å². The molecular formula is C11H20N2OS. The maximum atomic E-state index is 12.2. The summed E-state index contributed by atoms with van der Waals surface area (Å²) in [4.78, 5) is 14.3. The lowest BCUT2D eigenvalue weighted by atomic mass is 9.92. The van der Waals surface area contributed by atoms with Gasteiger partial charge in [-0.2, -0.15) is 0 Å². The van der Waals surface area contributed by atoms with E-state index >= 15 is 0 Å². The Hall–Kier alpha value is -0.640. The molecule has 1 rings (SSSR count). The van der Waals surface area contributed by atoms with E-state index in [2.05, 4.69) is 13.8 Å². The first kappa shape index (κ1) is 12.4. The van der Waals surface area contributed by atoms with E-state index in [-0.39, 0.29) is 10.9 Å². The van der Waals surface area contributed by atoms with E-state index in [0.717, 1.165) is 13.1 Å². The first-order chi connectivity index (χ1) is 6.76. The van der Waals surface area contributed by atoms with E-state index in [4.69, 9.17) is 18.0 Å². The quantitative estimate of drug-likeness (QED) is 0.727. The van der Waals surface area contributed by atoms with Crippen molar-refractivity contribution >= 4 is 23.1 Å². The maximum Gasteiger partial charge on any atom is 0.235 e. The van der Waals surface area contributed by atoms with E-state index < -0.39 is 5.41 Å². The zero-order valence-electron chi connectivity index (χ0n) is 9.91. The molecule has 1 heterocycles. The van der Waals surface area contributed by atoms with E-state index in [0.29, 0.717) is 11.8 Å². The number of nitrogens with two attached hydrogens (primary N) is 1. The van der Waals surface area contributed by atoms with Crippen molar-refractivity contribution in [1.29, 1.82) is 0 Å². The fourth-order valence-corrected chi connectivity index (χ4v) is 1.88. The molecule has 0 aromatic rings. The minimum Gasteiger partial charge on any atom is -0.392 e. The summed E-state index contributed by atoms with van der Waals surface area (Å²) in [7, 11) is 0. The Morgan fingerprint density at radius 2 is 1.73 bits per heavy atom. The Balaban J connectivity index is 2.75. The van der Waals surface area contributed by atoms with Gasteiger partial charge < -0.3 is 10.6 Å².